The van der Waals surface area contributed by atoms with Gasteiger partial charge in [0.25, 0.3) is 0 Å². The highest BCUT2D eigenvalue weighted by Gasteiger charge is 2.25. The van der Waals surface area contributed by atoms with Crippen LogP contribution in [0.5, 0.6) is 0 Å². The Morgan fingerprint density at radius 3 is 1.70 bits per heavy atom. The molecule has 1 aliphatic heterocycles. The van der Waals surface area contributed by atoms with Crippen LogP contribution in [0.15, 0.2) is 60.7 Å². The molecule has 1 heterocycles. The summed E-state index contributed by atoms with van der Waals surface area (Å²) in [6, 6.07) is 21.9. The van der Waals surface area contributed by atoms with Crippen molar-refractivity contribution >= 4 is 0 Å². The van der Waals surface area contributed by atoms with Crippen molar-refractivity contribution in [3.63, 3.8) is 0 Å². The van der Waals surface area contributed by atoms with Gasteiger partial charge in [-0.2, -0.15) is 0 Å². The first-order valence-corrected chi connectivity index (χ1v) is 7.44. The monoisotopic (exact) mass is 266 g/mol. The van der Waals surface area contributed by atoms with Crippen molar-refractivity contribution in [2.24, 2.45) is 0 Å². The van der Waals surface area contributed by atoms with Crippen molar-refractivity contribution in [1.29, 1.82) is 0 Å². The fourth-order valence-electron chi connectivity index (χ4n) is 3.07. The van der Waals surface area contributed by atoms with Gasteiger partial charge in [0, 0.05) is 20.1 Å². The number of nitrogens with zero attached hydrogens (tertiary/aromatic N) is 2. The molecule has 0 amide bonds. The molecule has 0 aromatic heterocycles. The van der Waals surface area contributed by atoms with E-state index < -0.39 is 0 Å². The molecule has 104 valence electrons. The molecule has 2 aromatic rings. The van der Waals surface area contributed by atoms with Gasteiger partial charge in [0.15, 0.2) is 0 Å². The van der Waals surface area contributed by atoms with E-state index in [2.05, 4.69) is 77.7 Å². The van der Waals surface area contributed by atoms with Gasteiger partial charge in [-0.3, -0.25) is 0 Å². The smallest absolute Gasteiger partial charge is 0.0742 e. The summed E-state index contributed by atoms with van der Waals surface area (Å²) < 4.78 is 0. The van der Waals surface area contributed by atoms with Crippen molar-refractivity contribution in [2.75, 3.05) is 20.1 Å². The second kappa shape index (κ2) is 6.21. The van der Waals surface area contributed by atoms with Gasteiger partial charge < -0.3 is 0 Å². The Kier molecular flexibility index (Phi) is 4.14. The van der Waals surface area contributed by atoms with Crippen LogP contribution in [0.3, 0.4) is 0 Å². The Bertz CT molecular complexity index is 478. The van der Waals surface area contributed by atoms with Crippen molar-refractivity contribution in [3.05, 3.63) is 71.8 Å². The second-order valence-electron chi connectivity index (χ2n) is 5.46. The maximum absolute atomic E-state index is 2.48. The summed E-state index contributed by atoms with van der Waals surface area (Å²) in [6.07, 6.45) is 2.61. The number of hydrogen-bond acceptors (Lipinski definition) is 2. The van der Waals surface area contributed by atoms with Gasteiger partial charge in [-0.15, -0.1) is 0 Å². The van der Waals surface area contributed by atoms with Gasteiger partial charge in [0.1, 0.15) is 0 Å². The topological polar surface area (TPSA) is 6.48 Å². The Morgan fingerprint density at radius 1 is 0.800 bits per heavy atom. The lowest BCUT2D eigenvalue weighted by Gasteiger charge is -2.36. The quantitative estimate of drug-likeness (QED) is 0.832. The maximum Gasteiger partial charge on any atom is 0.0742 e. The van der Waals surface area contributed by atoms with Crippen LogP contribution >= 0.6 is 0 Å². The zero-order chi connectivity index (χ0) is 13.8. The molecule has 0 unspecified atom stereocenters. The molecule has 1 saturated heterocycles. The van der Waals surface area contributed by atoms with Gasteiger partial charge in [-0.1, -0.05) is 60.7 Å². The van der Waals surface area contributed by atoms with Crippen LogP contribution in [-0.2, 0) is 0 Å². The van der Waals surface area contributed by atoms with Crippen molar-refractivity contribution in [3.8, 4) is 0 Å². The molecule has 1 fully saturated rings. The molecule has 0 spiro atoms. The molecule has 0 aliphatic carbocycles. The summed E-state index contributed by atoms with van der Waals surface area (Å²) in [5, 5.41) is 4.89. The first-order valence-electron chi connectivity index (χ1n) is 7.44. The predicted octanol–water partition coefficient (Wildman–Crippen LogP) is 3.72. The Labute approximate surface area is 121 Å². The molecule has 0 saturated carbocycles. The van der Waals surface area contributed by atoms with E-state index in [-0.39, 0.29) is 0 Å². The Morgan fingerprint density at radius 2 is 1.25 bits per heavy atom. The lowest BCUT2D eigenvalue weighted by molar-refractivity contribution is -0.00395. The maximum atomic E-state index is 2.48. The fraction of sp³-hybridized carbons (Fsp3) is 0.333. The summed E-state index contributed by atoms with van der Waals surface area (Å²) >= 11 is 0. The second-order valence-corrected chi connectivity index (χ2v) is 5.46. The third-order valence-corrected chi connectivity index (χ3v) is 4.13. The average Bonchev–Trinajstić information content (AvgIpc) is 3.04. The molecule has 0 radical (unpaired) electrons. The van der Waals surface area contributed by atoms with Crippen molar-refractivity contribution in [1.82, 2.24) is 10.0 Å². The molecule has 1 aliphatic rings. The zero-order valence-corrected chi connectivity index (χ0v) is 12.1. The van der Waals surface area contributed by atoms with E-state index in [1.54, 1.807) is 0 Å². The summed E-state index contributed by atoms with van der Waals surface area (Å²) in [7, 11) is 2.22. The molecule has 3 rings (SSSR count). The highest BCUT2D eigenvalue weighted by Crippen LogP contribution is 2.29. The van der Waals surface area contributed by atoms with E-state index in [9.17, 15) is 0 Å². The van der Waals surface area contributed by atoms with Crippen LogP contribution in [0.2, 0.25) is 0 Å². The summed E-state index contributed by atoms with van der Waals surface area (Å²) in [4.78, 5) is 0. The molecular weight excluding hydrogens is 244 g/mol. The lowest BCUT2D eigenvalue weighted by Crippen LogP contribution is -2.40. The van der Waals surface area contributed by atoms with Crippen LogP contribution in [-0.4, -0.2) is 30.2 Å². The summed E-state index contributed by atoms with van der Waals surface area (Å²) in [5.41, 5.74) is 2.71. The minimum atomic E-state index is 0.301. The van der Waals surface area contributed by atoms with E-state index in [0.717, 1.165) is 0 Å². The van der Waals surface area contributed by atoms with Crippen molar-refractivity contribution < 1.29 is 0 Å². The van der Waals surface area contributed by atoms with E-state index in [0.29, 0.717) is 6.04 Å². The van der Waals surface area contributed by atoms with Crippen LogP contribution in [0.1, 0.15) is 30.0 Å². The van der Waals surface area contributed by atoms with Gasteiger partial charge >= 0.3 is 0 Å². The molecule has 0 atom stereocenters. The van der Waals surface area contributed by atoms with E-state index in [4.69, 9.17) is 0 Å². The summed E-state index contributed by atoms with van der Waals surface area (Å²) in [6.45, 7) is 2.35. The highest BCUT2D eigenvalue weighted by atomic mass is 15.6. The van der Waals surface area contributed by atoms with Crippen LogP contribution < -0.4 is 0 Å². The third-order valence-electron chi connectivity index (χ3n) is 4.13. The standard InChI is InChI=1S/C18H22N2/c1-19(20-14-8-9-15-20)18(16-10-4-2-5-11-16)17-12-6-3-7-13-17/h2-7,10-13,18H,8-9,14-15H2,1H3. The van der Waals surface area contributed by atoms with Gasteiger partial charge in [0.2, 0.25) is 0 Å². The fourth-order valence-corrected chi connectivity index (χ4v) is 3.07. The number of hydrogen-bond donors (Lipinski definition) is 0. The number of rotatable bonds is 4. The minimum Gasteiger partial charge on any atom is -0.241 e. The Hall–Kier alpha value is -1.64. The highest BCUT2D eigenvalue weighted by molar-refractivity contribution is 5.31. The lowest BCUT2D eigenvalue weighted by atomic mass is 9.98. The number of benzene rings is 2. The number of hydrazine groups is 1. The third kappa shape index (κ3) is 2.77. The van der Waals surface area contributed by atoms with Crippen LogP contribution in [0, 0.1) is 0 Å². The minimum absolute atomic E-state index is 0.301. The van der Waals surface area contributed by atoms with Gasteiger partial charge in [-0.05, 0) is 24.0 Å². The zero-order valence-electron chi connectivity index (χ0n) is 12.1. The average molecular weight is 266 g/mol. The predicted molar refractivity (Wildman–Crippen MR) is 83.3 cm³/mol. The molecular formula is C18H22N2. The first-order chi connectivity index (χ1) is 9.86. The van der Waals surface area contributed by atoms with Crippen molar-refractivity contribution in [2.45, 2.75) is 18.9 Å². The summed E-state index contributed by atoms with van der Waals surface area (Å²) in [5.74, 6) is 0. The van der Waals surface area contributed by atoms with Crippen LogP contribution in [0.25, 0.3) is 0 Å². The van der Waals surface area contributed by atoms with Gasteiger partial charge in [0.05, 0.1) is 6.04 Å². The molecule has 2 nitrogen and oxygen atoms in total. The molecule has 2 aromatic carbocycles. The normalized spacial score (nSPS) is 16.1. The molecule has 0 bridgehead atoms. The molecule has 0 N–H and O–H groups in total. The van der Waals surface area contributed by atoms with E-state index in [1.165, 1.54) is 37.1 Å². The van der Waals surface area contributed by atoms with Gasteiger partial charge in [-0.25, -0.2) is 10.0 Å². The largest absolute Gasteiger partial charge is 0.241 e. The van der Waals surface area contributed by atoms with E-state index >= 15 is 0 Å². The SMILES string of the molecule is CN(C(c1ccccc1)c1ccccc1)N1CCCC1. The van der Waals surface area contributed by atoms with E-state index in [1.807, 2.05) is 0 Å². The van der Waals surface area contributed by atoms with Crippen LogP contribution in [0.4, 0.5) is 0 Å². The molecule has 2 heteroatoms. The Balaban J connectivity index is 1.95. The molecule has 20 heavy (non-hydrogen) atoms. The first kappa shape index (κ1) is 13.3.